The third-order valence-electron chi connectivity index (χ3n) is 12.7. The van der Waals surface area contributed by atoms with Crippen LogP contribution in [0.5, 0.6) is 0 Å². The van der Waals surface area contributed by atoms with Crippen molar-refractivity contribution < 1.29 is 14.7 Å². The number of allylic oxidation sites excluding steroid dienone is 1. The second-order valence-electron chi connectivity index (χ2n) is 14.7. The van der Waals surface area contributed by atoms with Gasteiger partial charge in [-0.3, -0.25) is 14.6 Å². The molecule has 7 nitrogen and oxygen atoms in total. The van der Waals surface area contributed by atoms with Crippen molar-refractivity contribution in [2.75, 3.05) is 19.6 Å². The van der Waals surface area contributed by atoms with Crippen molar-refractivity contribution in [3.8, 4) is 0 Å². The van der Waals surface area contributed by atoms with Gasteiger partial charge in [0.05, 0.1) is 12.3 Å². The van der Waals surface area contributed by atoms with Crippen molar-refractivity contribution in [3.63, 3.8) is 0 Å². The minimum absolute atomic E-state index is 0.00217. The van der Waals surface area contributed by atoms with E-state index < -0.39 is 0 Å². The van der Waals surface area contributed by atoms with Gasteiger partial charge in [0, 0.05) is 44.5 Å². The van der Waals surface area contributed by atoms with E-state index in [0.29, 0.717) is 54.4 Å². The third-order valence-corrected chi connectivity index (χ3v) is 12.7. The Hall–Kier alpha value is -2.28. The van der Waals surface area contributed by atoms with Crippen LogP contribution < -0.4 is 0 Å². The number of piperazine rings is 1. The first-order chi connectivity index (χ1) is 19.6. The van der Waals surface area contributed by atoms with Crippen LogP contribution in [-0.4, -0.2) is 68.5 Å². The van der Waals surface area contributed by atoms with Crippen molar-refractivity contribution in [1.29, 1.82) is 0 Å². The number of fused-ring (bicyclic) bond motifs is 5. The van der Waals surface area contributed by atoms with Crippen LogP contribution >= 0.6 is 0 Å². The Labute approximate surface area is 246 Å². The lowest BCUT2D eigenvalue weighted by atomic mass is 9.47. The van der Waals surface area contributed by atoms with Crippen LogP contribution in [0.15, 0.2) is 30.2 Å². The van der Waals surface area contributed by atoms with Crippen LogP contribution in [0, 0.1) is 40.4 Å². The van der Waals surface area contributed by atoms with Gasteiger partial charge in [-0.25, -0.2) is 4.98 Å². The SMILES string of the molecule is CC(CCC(=O)N1CCN(C(=O)c2cnccn2)CC1C)[C@H]1CC[C@H]2[C@@H]3CC=C4C[C@@H](O)CC[C@]4(C)[C@H]3CC[C@]12C. The van der Waals surface area contributed by atoms with Gasteiger partial charge in [-0.15, -0.1) is 0 Å². The molecule has 5 aliphatic rings. The predicted molar refractivity (Wildman–Crippen MR) is 159 cm³/mol. The van der Waals surface area contributed by atoms with E-state index in [0.717, 1.165) is 43.4 Å². The molecule has 1 aromatic heterocycles. The van der Waals surface area contributed by atoms with Gasteiger partial charge >= 0.3 is 0 Å². The van der Waals surface area contributed by atoms with E-state index in [-0.39, 0.29) is 24.0 Å². The van der Waals surface area contributed by atoms with E-state index in [1.807, 2.05) is 4.90 Å². The van der Waals surface area contributed by atoms with Crippen molar-refractivity contribution in [2.24, 2.45) is 40.4 Å². The molecule has 7 heteroatoms. The lowest BCUT2D eigenvalue weighted by molar-refractivity contribution is -0.135. The Morgan fingerprint density at radius 1 is 1.10 bits per heavy atom. The molecule has 9 atom stereocenters. The molecule has 2 unspecified atom stereocenters. The summed E-state index contributed by atoms with van der Waals surface area (Å²) in [4.78, 5) is 38.2. The molecule has 1 N–H and O–H groups in total. The molecule has 0 radical (unpaired) electrons. The maximum absolute atomic E-state index is 13.4. The van der Waals surface area contributed by atoms with Gasteiger partial charge in [0.25, 0.3) is 5.91 Å². The largest absolute Gasteiger partial charge is 0.393 e. The molecule has 1 aromatic rings. The Kier molecular flexibility index (Phi) is 7.80. The second kappa shape index (κ2) is 11.1. The van der Waals surface area contributed by atoms with E-state index in [4.69, 9.17) is 0 Å². The Morgan fingerprint density at radius 2 is 1.93 bits per heavy atom. The molecule has 4 fully saturated rings. The van der Waals surface area contributed by atoms with E-state index in [1.54, 1.807) is 22.9 Å². The summed E-state index contributed by atoms with van der Waals surface area (Å²) in [6.07, 6.45) is 18.0. The number of amides is 2. The first-order valence-electron chi connectivity index (χ1n) is 16.3. The molecule has 41 heavy (non-hydrogen) atoms. The lowest BCUT2D eigenvalue weighted by Gasteiger charge is -2.58. The molecule has 1 saturated heterocycles. The van der Waals surface area contributed by atoms with Crippen LogP contribution in [0.3, 0.4) is 0 Å². The van der Waals surface area contributed by atoms with Gasteiger partial charge in [0.2, 0.25) is 5.91 Å². The van der Waals surface area contributed by atoms with Crippen molar-refractivity contribution >= 4 is 11.8 Å². The van der Waals surface area contributed by atoms with Crippen LogP contribution in [-0.2, 0) is 4.79 Å². The standard InChI is InChI=1S/C34H50N4O3/c1-22(5-10-31(40)38-18-17-37(21-23(38)2)32(41)30-20-35-15-16-36-30)27-8-9-28-26-7-6-24-19-25(39)11-13-33(24,3)29(26)12-14-34(27,28)4/h6,15-16,20,22-23,25-29,39H,5,7-14,17-19,21H2,1-4H3/t22?,23?,25-,26-,27+,28-,29-,33-,34+/m0/s1. The quantitative estimate of drug-likeness (QED) is 0.479. The van der Waals surface area contributed by atoms with Crippen LogP contribution in [0.25, 0.3) is 0 Å². The van der Waals surface area contributed by atoms with Gasteiger partial charge < -0.3 is 14.9 Å². The Morgan fingerprint density at radius 3 is 2.68 bits per heavy atom. The topological polar surface area (TPSA) is 86.6 Å². The highest BCUT2D eigenvalue weighted by molar-refractivity contribution is 5.92. The fourth-order valence-corrected chi connectivity index (χ4v) is 10.4. The summed E-state index contributed by atoms with van der Waals surface area (Å²) < 4.78 is 0. The van der Waals surface area contributed by atoms with Gasteiger partial charge in [-0.05, 0) is 105 Å². The molecule has 2 amide bonds. The molecular weight excluding hydrogens is 512 g/mol. The minimum atomic E-state index is -0.141. The second-order valence-corrected chi connectivity index (χ2v) is 14.7. The molecule has 4 aliphatic carbocycles. The average molecular weight is 563 g/mol. The number of hydrogen-bond acceptors (Lipinski definition) is 5. The van der Waals surface area contributed by atoms with E-state index in [1.165, 1.54) is 38.3 Å². The molecule has 1 aliphatic heterocycles. The smallest absolute Gasteiger partial charge is 0.274 e. The molecule has 0 spiro atoms. The number of aliphatic hydroxyl groups excluding tert-OH is 1. The summed E-state index contributed by atoms with van der Waals surface area (Å²) in [5, 5.41) is 10.3. The lowest BCUT2D eigenvalue weighted by Crippen LogP contribution is -2.55. The van der Waals surface area contributed by atoms with Crippen LogP contribution in [0.2, 0.25) is 0 Å². The third kappa shape index (κ3) is 5.04. The number of aliphatic hydroxyl groups is 1. The average Bonchev–Trinajstić information content (AvgIpc) is 3.33. The zero-order chi connectivity index (χ0) is 28.9. The number of aromatic nitrogens is 2. The highest BCUT2D eigenvalue weighted by Crippen LogP contribution is 2.67. The number of carbonyl (C=O) groups excluding carboxylic acids is 2. The van der Waals surface area contributed by atoms with Crippen LogP contribution in [0.1, 0.15) is 102 Å². The molecule has 224 valence electrons. The van der Waals surface area contributed by atoms with Crippen LogP contribution in [0.4, 0.5) is 0 Å². The summed E-state index contributed by atoms with van der Waals surface area (Å²) in [6.45, 7) is 11.2. The van der Waals surface area contributed by atoms with Gasteiger partial charge in [-0.2, -0.15) is 0 Å². The van der Waals surface area contributed by atoms with E-state index in [9.17, 15) is 14.7 Å². The fraction of sp³-hybridized carbons (Fsp3) is 0.765. The molecule has 2 heterocycles. The monoisotopic (exact) mass is 562 g/mol. The summed E-state index contributed by atoms with van der Waals surface area (Å²) in [6, 6.07) is 0.00217. The first-order valence-corrected chi connectivity index (χ1v) is 16.3. The predicted octanol–water partition coefficient (Wildman–Crippen LogP) is 5.51. The Bertz CT molecular complexity index is 1170. The molecular formula is C34H50N4O3. The van der Waals surface area contributed by atoms with E-state index >= 15 is 0 Å². The van der Waals surface area contributed by atoms with Gasteiger partial charge in [0.1, 0.15) is 5.69 Å². The zero-order valence-corrected chi connectivity index (χ0v) is 25.6. The minimum Gasteiger partial charge on any atom is -0.393 e. The van der Waals surface area contributed by atoms with Gasteiger partial charge in [0.15, 0.2) is 0 Å². The van der Waals surface area contributed by atoms with Crippen molar-refractivity contribution in [1.82, 2.24) is 19.8 Å². The Balaban J connectivity index is 1.04. The van der Waals surface area contributed by atoms with Gasteiger partial charge in [-0.1, -0.05) is 32.4 Å². The zero-order valence-electron chi connectivity index (χ0n) is 25.6. The summed E-state index contributed by atoms with van der Waals surface area (Å²) in [5.41, 5.74) is 2.58. The van der Waals surface area contributed by atoms with Crippen molar-refractivity contribution in [3.05, 3.63) is 35.9 Å². The number of nitrogens with zero attached hydrogens (tertiary/aromatic N) is 4. The summed E-state index contributed by atoms with van der Waals surface area (Å²) in [5.74, 6) is 3.68. The molecule has 0 bridgehead atoms. The first kappa shape index (κ1) is 28.8. The summed E-state index contributed by atoms with van der Waals surface area (Å²) >= 11 is 0. The molecule has 3 saturated carbocycles. The van der Waals surface area contributed by atoms with E-state index in [2.05, 4.69) is 43.7 Å². The molecule has 0 aromatic carbocycles. The maximum atomic E-state index is 13.4. The number of hydrogen-bond donors (Lipinski definition) is 1. The maximum Gasteiger partial charge on any atom is 0.274 e. The molecule has 6 rings (SSSR count). The number of rotatable bonds is 5. The number of carbonyl (C=O) groups is 2. The van der Waals surface area contributed by atoms with Crippen molar-refractivity contribution in [2.45, 2.75) is 104 Å². The highest BCUT2D eigenvalue weighted by Gasteiger charge is 2.59. The highest BCUT2D eigenvalue weighted by atomic mass is 16.3. The normalized spacial score (nSPS) is 39.3. The fourth-order valence-electron chi connectivity index (χ4n) is 10.4. The summed E-state index contributed by atoms with van der Waals surface area (Å²) in [7, 11) is 0.